The van der Waals surface area contributed by atoms with Crippen LogP contribution in [0.4, 0.5) is 0 Å². The summed E-state index contributed by atoms with van der Waals surface area (Å²) in [4.78, 5) is 24.0. The van der Waals surface area contributed by atoms with Crippen LogP contribution in [-0.4, -0.2) is 48.0 Å². The molecule has 5 rings (SSSR count). The number of amides is 1. The maximum Gasteiger partial charge on any atom is 0.244 e. The fourth-order valence-corrected chi connectivity index (χ4v) is 4.20. The monoisotopic (exact) mass is 420 g/mol. The SMILES string of the molecule is O=C(Cn1cccn1)N1CCCC(c2cccc(-c3cnc4ccc(Cl)cn34)n2)C1. The molecule has 4 aromatic rings. The standard InChI is InChI=1S/C22H21ClN6O/c23-17-7-8-21-24-12-20(29(21)14-17)19-6-1-5-18(26-19)16-4-2-10-27(13-16)22(30)15-28-11-3-9-25-28/h1,3,5-9,11-12,14,16H,2,4,10,13,15H2. The van der Waals surface area contributed by atoms with Crippen LogP contribution in [0.25, 0.3) is 17.0 Å². The van der Waals surface area contributed by atoms with Crippen molar-refractivity contribution in [3.63, 3.8) is 0 Å². The van der Waals surface area contributed by atoms with E-state index in [1.54, 1.807) is 10.9 Å². The zero-order valence-electron chi connectivity index (χ0n) is 16.4. The topological polar surface area (TPSA) is 68.3 Å². The molecule has 1 fully saturated rings. The molecule has 1 unspecified atom stereocenters. The third kappa shape index (κ3) is 3.68. The highest BCUT2D eigenvalue weighted by Crippen LogP contribution is 2.28. The fraction of sp³-hybridized carbons (Fsp3) is 0.273. The number of carbonyl (C=O) groups excluding carboxylic acids is 1. The van der Waals surface area contributed by atoms with Gasteiger partial charge in [0, 0.05) is 43.3 Å². The summed E-state index contributed by atoms with van der Waals surface area (Å²) in [5, 5.41) is 4.79. The second-order valence-corrected chi connectivity index (χ2v) is 7.99. The van der Waals surface area contributed by atoms with Gasteiger partial charge < -0.3 is 4.90 Å². The van der Waals surface area contributed by atoms with Crippen molar-refractivity contribution in [3.05, 3.63) is 71.9 Å². The molecule has 0 aromatic carbocycles. The first kappa shape index (κ1) is 18.8. The zero-order chi connectivity index (χ0) is 20.5. The van der Waals surface area contributed by atoms with E-state index in [1.807, 2.05) is 64.3 Å². The number of rotatable bonds is 4. The highest BCUT2D eigenvalue weighted by Gasteiger charge is 2.26. The van der Waals surface area contributed by atoms with Crippen LogP contribution in [-0.2, 0) is 11.3 Å². The number of aromatic nitrogens is 5. The summed E-state index contributed by atoms with van der Waals surface area (Å²) >= 11 is 6.17. The molecule has 0 bridgehead atoms. The smallest absolute Gasteiger partial charge is 0.244 e. The summed E-state index contributed by atoms with van der Waals surface area (Å²) in [6.45, 7) is 1.73. The Labute approximate surface area is 178 Å². The van der Waals surface area contributed by atoms with Crippen molar-refractivity contribution in [3.8, 4) is 11.4 Å². The number of likely N-dealkylation sites (tertiary alicyclic amines) is 1. The van der Waals surface area contributed by atoms with Crippen LogP contribution in [0, 0.1) is 0 Å². The van der Waals surface area contributed by atoms with Gasteiger partial charge >= 0.3 is 0 Å². The van der Waals surface area contributed by atoms with Crippen molar-refractivity contribution in [1.82, 2.24) is 29.0 Å². The van der Waals surface area contributed by atoms with Gasteiger partial charge in [0.05, 0.1) is 22.6 Å². The molecule has 1 aliphatic rings. The van der Waals surface area contributed by atoms with Crippen molar-refractivity contribution in [1.29, 1.82) is 0 Å². The van der Waals surface area contributed by atoms with E-state index < -0.39 is 0 Å². The first-order valence-electron chi connectivity index (χ1n) is 10.0. The average molecular weight is 421 g/mol. The van der Waals surface area contributed by atoms with Gasteiger partial charge in [0.15, 0.2) is 0 Å². The molecule has 0 radical (unpaired) electrons. The Hall–Kier alpha value is -3.19. The lowest BCUT2D eigenvalue weighted by molar-refractivity contribution is -0.133. The van der Waals surface area contributed by atoms with Crippen LogP contribution in [0.15, 0.2) is 61.2 Å². The molecule has 152 valence electrons. The molecule has 0 spiro atoms. The van der Waals surface area contributed by atoms with E-state index in [0.717, 1.165) is 42.1 Å². The molecule has 1 saturated heterocycles. The molecule has 7 nitrogen and oxygen atoms in total. The molecule has 0 aliphatic carbocycles. The van der Waals surface area contributed by atoms with Crippen LogP contribution < -0.4 is 0 Å². The summed E-state index contributed by atoms with van der Waals surface area (Å²) in [5.74, 6) is 0.305. The van der Waals surface area contributed by atoms with E-state index in [0.29, 0.717) is 11.6 Å². The number of hydrogen-bond acceptors (Lipinski definition) is 4. The van der Waals surface area contributed by atoms with Gasteiger partial charge in [-0.1, -0.05) is 17.7 Å². The predicted octanol–water partition coefficient (Wildman–Crippen LogP) is 3.65. The van der Waals surface area contributed by atoms with Gasteiger partial charge in [0.1, 0.15) is 12.2 Å². The van der Waals surface area contributed by atoms with Crippen molar-refractivity contribution >= 4 is 23.2 Å². The molecular weight excluding hydrogens is 400 g/mol. The van der Waals surface area contributed by atoms with Gasteiger partial charge in [0.2, 0.25) is 5.91 Å². The van der Waals surface area contributed by atoms with E-state index in [-0.39, 0.29) is 18.4 Å². The number of imidazole rings is 1. The lowest BCUT2D eigenvalue weighted by Crippen LogP contribution is -2.41. The molecule has 0 N–H and O–H groups in total. The average Bonchev–Trinajstić information content (AvgIpc) is 3.43. The minimum atomic E-state index is 0.0935. The lowest BCUT2D eigenvalue weighted by Gasteiger charge is -2.32. The lowest BCUT2D eigenvalue weighted by atomic mass is 9.94. The predicted molar refractivity (Wildman–Crippen MR) is 114 cm³/mol. The maximum atomic E-state index is 12.7. The first-order chi connectivity index (χ1) is 14.7. The highest BCUT2D eigenvalue weighted by atomic mass is 35.5. The van der Waals surface area contributed by atoms with Gasteiger partial charge in [-0.15, -0.1) is 0 Å². The first-order valence-corrected chi connectivity index (χ1v) is 10.4. The van der Waals surface area contributed by atoms with Gasteiger partial charge in [-0.3, -0.25) is 18.9 Å². The maximum absolute atomic E-state index is 12.7. The minimum absolute atomic E-state index is 0.0935. The van der Waals surface area contributed by atoms with Crippen LogP contribution >= 0.6 is 11.6 Å². The van der Waals surface area contributed by atoms with Gasteiger partial charge in [-0.2, -0.15) is 5.10 Å². The Bertz CT molecular complexity index is 1190. The van der Waals surface area contributed by atoms with Gasteiger partial charge in [0.25, 0.3) is 0 Å². The molecule has 8 heteroatoms. The number of fused-ring (bicyclic) bond motifs is 1. The molecule has 1 amide bonds. The number of halogens is 1. The fourth-order valence-electron chi connectivity index (χ4n) is 4.04. The number of hydrogen-bond donors (Lipinski definition) is 0. The van der Waals surface area contributed by atoms with Crippen molar-refractivity contribution < 1.29 is 4.79 Å². The normalized spacial score (nSPS) is 16.8. The largest absolute Gasteiger partial charge is 0.340 e. The van der Waals surface area contributed by atoms with Gasteiger partial charge in [-0.25, -0.2) is 4.98 Å². The van der Waals surface area contributed by atoms with E-state index >= 15 is 0 Å². The summed E-state index contributed by atoms with van der Waals surface area (Å²) in [6.07, 6.45) is 9.15. The minimum Gasteiger partial charge on any atom is -0.340 e. The number of nitrogens with zero attached hydrogens (tertiary/aromatic N) is 6. The highest BCUT2D eigenvalue weighted by molar-refractivity contribution is 6.30. The zero-order valence-corrected chi connectivity index (χ0v) is 17.1. The summed E-state index contributed by atoms with van der Waals surface area (Å²) < 4.78 is 3.62. The Morgan fingerprint density at radius 1 is 1.20 bits per heavy atom. The van der Waals surface area contributed by atoms with Crippen LogP contribution in [0.1, 0.15) is 24.5 Å². The van der Waals surface area contributed by atoms with Crippen LogP contribution in [0.3, 0.4) is 0 Å². The van der Waals surface area contributed by atoms with Crippen molar-refractivity contribution in [2.75, 3.05) is 13.1 Å². The molecule has 1 aliphatic heterocycles. The van der Waals surface area contributed by atoms with E-state index in [2.05, 4.69) is 10.1 Å². The quantitative estimate of drug-likeness (QED) is 0.505. The van der Waals surface area contributed by atoms with Crippen molar-refractivity contribution in [2.24, 2.45) is 0 Å². The third-order valence-electron chi connectivity index (χ3n) is 5.55. The second-order valence-electron chi connectivity index (χ2n) is 7.55. The van der Waals surface area contributed by atoms with Gasteiger partial charge in [-0.05, 0) is 43.2 Å². The molecule has 30 heavy (non-hydrogen) atoms. The Balaban J connectivity index is 1.38. The molecular formula is C22H21ClN6O. The molecule has 5 heterocycles. The third-order valence-corrected chi connectivity index (χ3v) is 5.77. The Kier molecular flexibility index (Phi) is 4.96. The number of carbonyl (C=O) groups is 1. The van der Waals surface area contributed by atoms with Crippen molar-refractivity contribution in [2.45, 2.75) is 25.3 Å². The summed E-state index contributed by atoms with van der Waals surface area (Å²) in [7, 11) is 0. The second kappa shape index (κ2) is 7.91. The van der Waals surface area contributed by atoms with E-state index in [9.17, 15) is 4.79 Å². The van der Waals surface area contributed by atoms with Crippen LogP contribution in [0.2, 0.25) is 5.02 Å². The molecule has 1 atom stereocenters. The van der Waals surface area contributed by atoms with E-state index in [1.165, 1.54) is 0 Å². The van der Waals surface area contributed by atoms with E-state index in [4.69, 9.17) is 16.6 Å². The number of piperidine rings is 1. The Morgan fingerprint density at radius 3 is 3.00 bits per heavy atom. The molecule has 4 aromatic heterocycles. The molecule has 0 saturated carbocycles. The number of pyridine rings is 2. The summed E-state index contributed by atoms with van der Waals surface area (Å²) in [6, 6.07) is 11.6. The Morgan fingerprint density at radius 2 is 2.13 bits per heavy atom. The summed E-state index contributed by atoms with van der Waals surface area (Å²) in [5.41, 5.74) is 3.58. The van der Waals surface area contributed by atoms with Crippen LogP contribution in [0.5, 0.6) is 0 Å².